The highest BCUT2D eigenvalue weighted by molar-refractivity contribution is 7.89. The summed E-state index contributed by atoms with van der Waals surface area (Å²) < 4.78 is 40.2. The molecule has 0 N–H and O–H groups in total. The highest BCUT2D eigenvalue weighted by Gasteiger charge is 2.43. The first-order valence-corrected chi connectivity index (χ1v) is 10.8. The van der Waals surface area contributed by atoms with E-state index in [1.807, 2.05) is 24.3 Å². The fourth-order valence-corrected chi connectivity index (χ4v) is 5.24. The van der Waals surface area contributed by atoms with Crippen molar-refractivity contribution in [1.82, 2.24) is 4.31 Å². The summed E-state index contributed by atoms with van der Waals surface area (Å²) in [5.74, 6) is 0.635. The van der Waals surface area contributed by atoms with Crippen LogP contribution in [0.15, 0.2) is 53.4 Å². The molecule has 2 aliphatic rings. The zero-order valence-corrected chi connectivity index (χ0v) is 16.6. The van der Waals surface area contributed by atoms with Crippen molar-refractivity contribution in [3.8, 4) is 5.75 Å². The van der Waals surface area contributed by atoms with E-state index in [1.165, 1.54) is 23.4 Å². The second kappa shape index (κ2) is 7.31. The van der Waals surface area contributed by atoms with Crippen LogP contribution in [0.25, 0.3) is 0 Å². The third-order valence-corrected chi connectivity index (χ3v) is 7.22. The van der Waals surface area contributed by atoms with Gasteiger partial charge in [0.25, 0.3) is 0 Å². The van der Waals surface area contributed by atoms with Crippen LogP contribution in [-0.4, -0.2) is 43.9 Å². The first kappa shape index (κ1) is 19.1. The van der Waals surface area contributed by atoms with Crippen molar-refractivity contribution in [1.29, 1.82) is 0 Å². The van der Waals surface area contributed by atoms with Gasteiger partial charge in [-0.15, -0.1) is 0 Å². The summed E-state index contributed by atoms with van der Waals surface area (Å²) in [4.78, 5) is 11.7. The number of carbonyl (C=O) groups is 1. The lowest BCUT2D eigenvalue weighted by atomic mass is 9.94. The SMILES string of the molecule is CC(=O)c1ccc(S(=O)(=O)N2Cc3ccccc3OC3(CCOCC3)C2)cc1. The smallest absolute Gasteiger partial charge is 0.243 e. The van der Waals surface area contributed by atoms with Crippen LogP contribution >= 0.6 is 0 Å². The maximum atomic E-state index is 13.4. The summed E-state index contributed by atoms with van der Waals surface area (Å²) in [5, 5.41) is 0. The molecule has 28 heavy (non-hydrogen) atoms. The highest BCUT2D eigenvalue weighted by Crippen LogP contribution is 2.37. The summed E-state index contributed by atoms with van der Waals surface area (Å²) in [6.45, 7) is 3.06. The van der Waals surface area contributed by atoms with E-state index < -0.39 is 15.6 Å². The van der Waals surface area contributed by atoms with Crippen molar-refractivity contribution in [3.63, 3.8) is 0 Å². The van der Waals surface area contributed by atoms with Gasteiger partial charge in [0.05, 0.1) is 24.7 Å². The molecule has 7 heteroatoms. The van der Waals surface area contributed by atoms with E-state index in [1.54, 1.807) is 12.1 Å². The van der Waals surface area contributed by atoms with Crippen LogP contribution in [0.2, 0.25) is 0 Å². The van der Waals surface area contributed by atoms with Gasteiger partial charge in [0.2, 0.25) is 10.0 Å². The Bertz CT molecular complexity index is 978. The molecular formula is C21H23NO5S. The quantitative estimate of drug-likeness (QED) is 0.739. The molecule has 1 saturated heterocycles. The Hall–Kier alpha value is -2.22. The van der Waals surface area contributed by atoms with Gasteiger partial charge in [0, 0.05) is 30.5 Å². The first-order chi connectivity index (χ1) is 13.4. The number of hydrogen-bond donors (Lipinski definition) is 0. The monoisotopic (exact) mass is 401 g/mol. The molecule has 6 nitrogen and oxygen atoms in total. The van der Waals surface area contributed by atoms with Crippen LogP contribution in [0, 0.1) is 0 Å². The van der Waals surface area contributed by atoms with E-state index in [2.05, 4.69) is 0 Å². The molecule has 0 bridgehead atoms. The molecule has 4 rings (SSSR count). The van der Waals surface area contributed by atoms with Crippen molar-refractivity contribution in [2.75, 3.05) is 19.8 Å². The summed E-state index contributed by atoms with van der Waals surface area (Å²) in [7, 11) is -3.74. The van der Waals surface area contributed by atoms with E-state index in [0.717, 1.165) is 11.3 Å². The molecule has 1 spiro atoms. The Balaban J connectivity index is 1.73. The van der Waals surface area contributed by atoms with Crippen LogP contribution < -0.4 is 4.74 Å². The molecule has 0 atom stereocenters. The lowest BCUT2D eigenvalue weighted by Crippen LogP contribution is -2.50. The van der Waals surface area contributed by atoms with Crippen molar-refractivity contribution in [3.05, 3.63) is 59.7 Å². The number of fused-ring (bicyclic) bond motifs is 1. The molecule has 0 unspecified atom stereocenters. The van der Waals surface area contributed by atoms with Gasteiger partial charge >= 0.3 is 0 Å². The lowest BCUT2D eigenvalue weighted by molar-refractivity contribution is -0.0500. The number of carbonyl (C=O) groups excluding carboxylic acids is 1. The Morgan fingerprint density at radius 2 is 1.71 bits per heavy atom. The number of benzene rings is 2. The van der Waals surface area contributed by atoms with Gasteiger partial charge < -0.3 is 9.47 Å². The summed E-state index contributed by atoms with van der Waals surface area (Å²) in [6, 6.07) is 13.7. The third kappa shape index (κ3) is 3.57. The van der Waals surface area contributed by atoms with Crippen LogP contribution in [0.1, 0.15) is 35.7 Å². The van der Waals surface area contributed by atoms with E-state index in [9.17, 15) is 13.2 Å². The molecule has 0 radical (unpaired) electrons. The lowest BCUT2D eigenvalue weighted by Gasteiger charge is -2.38. The van der Waals surface area contributed by atoms with Crippen LogP contribution in [0.4, 0.5) is 0 Å². The van der Waals surface area contributed by atoms with E-state index in [-0.39, 0.29) is 23.8 Å². The van der Waals surface area contributed by atoms with Crippen LogP contribution in [0.5, 0.6) is 5.75 Å². The van der Waals surface area contributed by atoms with Crippen LogP contribution in [0.3, 0.4) is 0 Å². The number of ether oxygens (including phenoxy) is 2. The molecule has 2 heterocycles. The van der Waals surface area contributed by atoms with Gasteiger partial charge in [-0.05, 0) is 25.1 Å². The summed E-state index contributed by atoms with van der Waals surface area (Å²) in [5.41, 5.74) is 0.733. The van der Waals surface area contributed by atoms with Crippen LogP contribution in [-0.2, 0) is 21.3 Å². The number of ketones is 1. The van der Waals surface area contributed by atoms with Crippen molar-refractivity contribution >= 4 is 15.8 Å². The Labute approximate surface area is 165 Å². The van der Waals surface area contributed by atoms with Gasteiger partial charge in [-0.1, -0.05) is 30.3 Å². The summed E-state index contributed by atoms with van der Waals surface area (Å²) >= 11 is 0. The van der Waals surface area contributed by atoms with E-state index in [4.69, 9.17) is 9.47 Å². The number of para-hydroxylation sites is 1. The summed E-state index contributed by atoms with van der Waals surface area (Å²) in [6.07, 6.45) is 1.27. The second-order valence-corrected chi connectivity index (χ2v) is 9.30. The van der Waals surface area contributed by atoms with Gasteiger partial charge in [-0.2, -0.15) is 4.31 Å². The Kier molecular flexibility index (Phi) is 4.99. The van der Waals surface area contributed by atoms with Crippen molar-refractivity contribution in [2.24, 2.45) is 0 Å². The van der Waals surface area contributed by atoms with Gasteiger partial charge in [0.1, 0.15) is 11.4 Å². The molecular weight excluding hydrogens is 378 g/mol. The standard InChI is InChI=1S/C21H23NO5S/c1-16(23)17-6-8-19(9-7-17)28(24,25)22-14-18-4-2-3-5-20(18)27-21(15-22)10-12-26-13-11-21/h2-9H,10-15H2,1H3. The fourth-order valence-electron chi connectivity index (χ4n) is 3.75. The number of nitrogens with zero attached hydrogens (tertiary/aromatic N) is 1. The van der Waals surface area contributed by atoms with E-state index >= 15 is 0 Å². The average Bonchev–Trinajstić information content (AvgIpc) is 2.85. The Morgan fingerprint density at radius 3 is 2.39 bits per heavy atom. The molecule has 0 amide bonds. The van der Waals surface area contributed by atoms with E-state index in [0.29, 0.717) is 31.6 Å². The van der Waals surface area contributed by atoms with Gasteiger partial charge in [0.15, 0.2) is 5.78 Å². The van der Waals surface area contributed by atoms with Gasteiger partial charge in [-0.25, -0.2) is 8.42 Å². The molecule has 2 aromatic rings. The fraction of sp³-hybridized carbons (Fsp3) is 0.381. The minimum absolute atomic E-state index is 0.0952. The minimum atomic E-state index is -3.74. The molecule has 0 aliphatic carbocycles. The van der Waals surface area contributed by atoms with Crippen molar-refractivity contribution < 1.29 is 22.7 Å². The maximum Gasteiger partial charge on any atom is 0.243 e. The molecule has 0 saturated carbocycles. The molecule has 148 valence electrons. The predicted molar refractivity (Wildman–Crippen MR) is 104 cm³/mol. The number of hydrogen-bond acceptors (Lipinski definition) is 5. The molecule has 2 aromatic carbocycles. The first-order valence-electron chi connectivity index (χ1n) is 9.36. The minimum Gasteiger partial charge on any atom is -0.485 e. The molecule has 2 aliphatic heterocycles. The number of sulfonamides is 1. The predicted octanol–water partition coefficient (Wildman–Crippen LogP) is 3.02. The number of rotatable bonds is 3. The van der Waals surface area contributed by atoms with Crippen molar-refractivity contribution in [2.45, 2.75) is 36.8 Å². The third-order valence-electron chi connectivity index (χ3n) is 5.41. The Morgan fingerprint density at radius 1 is 1.04 bits per heavy atom. The maximum absolute atomic E-state index is 13.4. The number of Topliss-reactive ketones (excluding diaryl/α,β-unsaturated/α-hetero) is 1. The topological polar surface area (TPSA) is 72.9 Å². The molecule has 0 aromatic heterocycles. The zero-order valence-electron chi connectivity index (χ0n) is 15.8. The second-order valence-electron chi connectivity index (χ2n) is 7.36. The highest BCUT2D eigenvalue weighted by atomic mass is 32.2. The average molecular weight is 401 g/mol. The zero-order chi connectivity index (χ0) is 19.8. The molecule has 1 fully saturated rings. The normalized spacial score (nSPS) is 19.5. The van der Waals surface area contributed by atoms with Gasteiger partial charge in [-0.3, -0.25) is 4.79 Å². The largest absolute Gasteiger partial charge is 0.485 e.